The van der Waals surface area contributed by atoms with Gasteiger partial charge in [-0.1, -0.05) is 29.5 Å². The Balaban J connectivity index is 1.58. The number of likely N-dealkylation sites (N-methyl/N-ethyl adjacent to an activating group) is 1. The van der Waals surface area contributed by atoms with Crippen LogP contribution in [0.1, 0.15) is 34.4 Å². The fraction of sp³-hybridized carbons (Fsp3) is 0.364. The zero-order valence-corrected chi connectivity index (χ0v) is 17.7. The minimum atomic E-state index is -0.251. The molecule has 1 heterocycles. The van der Waals surface area contributed by atoms with Crippen LogP contribution >= 0.6 is 11.8 Å². The zero-order valence-electron chi connectivity index (χ0n) is 16.9. The summed E-state index contributed by atoms with van der Waals surface area (Å²) >= 11 is 1.26. The van der Waals surface area contributed by atoms with E-state index >= 15 is 0 Å². The molecule has 1 aromatic heterocycles. The van der Waals surface area contributed by atoms with Gasteiger partial charge < -0.3 is 10.2 Å². The van der Waals surface area contributed by atoms with Crippen LogP contribution in [0.3, 0.4) is 0 Å². The minimum absolute atomic E-state index is 0.0327. The topological polar surface area (TPSA) is 86.1 Å². The number of hydrogen-bond donors (Lipinski definition) is 1. The first-order chi connectivity index (χ1) is 13.9. The number of aromatic nitrogens is 1. The molecule has 1 aliphatic rings. The van der Waals surface area contributed by atoms with Crippen molar-refractivity contribution < 1.29 is 9.59 Å². The molecule has 0 atom stereocenters. The average Bonchev–Trinajstić information content (AvgIpc) is 3.16. The molecule has 0 saturated carbocycles. The largest absolute Gasteiger partial charge is 0.336 e. The Kier molecular flexibility index (Phi) is 6.55. The van der Waals surface area contributed by atoms with E-state index in [4.69, 9.17) is 0 Å². The lowest BCUT2D eigenvalue weighted by Gasteiger charge is -2.17. The van der Waals surface area contributed by atoms with Gasteiger partial charge in [-0.15, -0.1) is 0 Å². The third-order valence-electron chi connectivity index (χ3n) is 5.05. The van der Waals surface area contributed by atoms with Gasteiger partial charge in [0.2, 0.25) is 11.8 Å². The van der Waals surface area contributed by atoms with Crippen LogP contribution in [0.25, 0.3) is 0 Å². The van der Waals surface area contributed by atoms with Gasteiger partial charge in [0.15, 0.2) is 0 Å². The van der Waals surface area contributed by atoms with Gasteiger partial charge in [-0.05, 0) is 56.4 Å². The molecule has 0 saturated heterocycles. The number of nitriles is 1. The van der Waals surface area contributed by atoms with Crippen molar-refractivity contribution in [3.63, 3.8) is 0 Å². The van der Waals surface area contributed by atoms with Crippen molar-refractivity contribution in [3.05, 3.63) is 52.2 Å². The normalized spacial score (nSPS) is 12.2. The van der Waals surface area contributed by atoms with Gasteiger partial charge in [0.05, 0.1) is 17.9 Å². The molecular formula is C22H24N4O2S. The van der Waals surface area contributed by atoms with E-state index in [2.05, 4.69) is 16.4 Å². The first kappa shape index (κ1) is 20.9. The predicted molar refractivity (Wildman–Crippen MR) is 114 cm³/mol. The summed E-state index contributed by atoms with van der Waals surface area (Å²) in [6.45, 7) is 3.90. The van der Waals surface area contributed by atoms with E-state index in [0.717, 1.165) is 36.1 Å². The predicted octanol–water partition coefficient (Wildman–Crippen LogP) is 3.25. The second-order valence-electron chi connectivity index (χ2n) is 7.26. The molecule has 7 heteroatoms. The van der Waals surface area contributed by atoms with Gasteiger partial charge in [-0.3, -0.25) is 9.59 Å². The number of amides is 2. The standard InChI is InChI=1S/C22H24N4O2S/c1-14-7-9-16(10-8-14)24-20(27)12-26(3)21(28)13-29-22-18(11-23)15(2)17-5-4-6-19(17)25-22/h7-10H,4-6,12-13H2,1-3H3,(H,24,27). The van der Waals surface area contributed by atoms with Gasteiger partial charge in [0.1, 0.15) is 11.1 Å². The molecule has 0 bridgehead atoms. The Morgan fingerprint density at radius 2 is 1.97 bits per heavy atom. The van der Waals surface area contributed by atoms with Crippen LogP contribution in [0.4, 0.5) is 5.69 Å². The number of nitrogens with one attached hydrogen (secondary N) is 1. The van der Waals surface area contributed by atoms with E-state index in [1.54, 1.807) is 7.05 Å². The van der Waals surface area contributed by atoms with Crippen molar-refractivity contribution in [3.8, 4) is 6.07 Å². The Morgan fingerprint density at radius 3 is 2.66 bits per heavy atom. The summed E-state index contributed by atoms with van der Waals surface area (Å²) in [5.74, 6) is -0.300. The van der Waals surface area contributed by atoms with Gasteiger partial charge in [0.25, 0.3) is 0 Å². The first-order valence-corrected chi connectivity index (χ1v) is 10.5. The number of benzene rings is 1. The molecule has 150 valence electrons. The maximum absolute atomic E-state index is 12.5. The van der Waals surface area contributed by atoms with E-state index in [0.29, 0.717) is 16.3 Å². The van der Waals surface area contributed by atoms with Gasteiger partial charge >= 0.3 is 0 Å². The highest BCUT2D eigenvalue weighted by atomic mass is 32.2. The highest BCUT2D eigenvalue weighted by Gasteiger charge is 2.22. The maximum Gasteiger partial charge on any atom is 0.243 e. The van der Waals surface area contributed by atoms with Crippen molar-refractivity contribution in [1.29, 1.82) is 5.26 Å². The molecule has 1 aromatic carbocycles. The average molecular weight is 409 g/mol. The summed E-state index contributed by atoms with van der Waals surface area (Å²) in [7, 11) is 1.60. The highest BCUT2D eigenvalue weighted by Crippen LogP contribution is 2.31. The quantitative estimate of drug-likeness (QED) is 0.742. The lowest BCUT2D eigenvalue weighted by atomic mass is 10.0. The molecule has 6 nitrogen and oxygen atoms in total. The van der Waals surface area contributed by atoms with Crippen LogP contribution in [-0.2, 0) is 22.4 Å². The molecule has 29 heavy (non-hydrogen) atoms. The number of anilines is 1. The molecule has 1 N–H and O–H groups in total. The number of nitrogens with zero attached hydrogens (tertiary/aromatic N) is 3. The Morgan fingerprint density at radius 1 is 1.24 bits per heavy atom. The number of aryl methyl sites for hydroxylation is 2. The molecule has 0 spiro atoms. The van der Waals surface area contributed by atoms with Crippen molar-refractivity contribution in [2.75, 3.05) is 24.7 Å². The van der Waals surface area contributed by atoms with E-state index in [1.165, 1.54) is 22.2 Å². The SMILES string of the molecule is Cc1ccc(NC(=O)CN(C)C(=O)CSc2nc3c(c(C)c2C#N)CCC3)cc1. The number of pyridine rings is 1. The van der Waals surface area contributed by atoms with E-state index in [9.17, 15) is 14.9 Å². The summed E-state index contributed by atoms with van der Waals surface area (Å²) < 4.78 is 0. The molecule has 1 aliphatic carbocycles. The Labute approximate surface area is 175 Å². The van der Waals surface area contributed by atoms with Crippen LogP contribution in [0.15, 0.2) is 29.3 Å². The smallest absolute Gasteiger partial charge is 0.243 e. The number of fused-ring (bicyclic) bond motifs is 1. The molecule has 0 fully saturated rings. The highest BCUT2D eigenvalue weighted by molar-refractivity contribution is 8.00. The number of carbonyl (C=O) groups excluding carboxylic acids is 2. The van der Waals surface area contributed by atoms with Crippen molar-refractivity contribution >= 4 is 29.3 Å². The summed E-state index contributed by atoms with van der Waals surface area (Å²) in [6.07, 6.45) is 2.94. The summed E-state index contributed by atoms with van der Waals surface area (Å²) in [5, 5.41) is 12.9. The summed E-state index contributed by atoms with van der Waals surface area (Å²) in [4.78, 5) is 30.7. The zero-order chi connectivity index (χ0) is 21.0. The van der Waals surface area contributed by atoms with Gasteiger partial charge in [-0.2, -0.15) is 5.26 Å². The van der Waals surface area contributed by atoms with Crippen LogP contribution in [0.5, 0.6) is 0 Å². The molecule has 3 rings (SSSR count). The summed E-state index contributed by atoms with van der Waals surface area (Å²) in [6, 6.07) is 9.73. The number of thioether (sulfide) groups is 1. The fourth-order valence-electron chi connectivity index (χ4n) is 3.36. The molecule has 2 aromatic rings. The van der Waals surface area contributed by atoms with E-state index < -0.39 is 0 Å². The third-order valence-corrected chi connectivity index (χ3v) is 6.01. The third kappa shape index (κ3) is 4.96. The van der Waals surface area contributed by atoms with Crippen LogP contribution in [0, 0.1) is 25.2 Å². The second-order valence-corrected chi connectivity index (χ2v) is 8.22. The molecule has 2 amide bonds. The van der Waals surface area contributed by atoms with Gasteiger partial charge in [-0.25, -0.2) is 4.98 Å². The van der Waals surface area contributed by atoms with Gasteiger partial charge in [0, 0.05) is 18.4 Å². The monoisotopic (exact) mass is 408 g/mol. The number of rotatable bonds is 6. The second kappa shape index (κ2) is 9.10. The molecular weight excluding hydrogens is 384 g/mol. The van der Waals surface area contributed by atoms with Crippen LogP contribution in [-0.4, -0.2) is 41.0 Å². The van der Waals surface area contributed by atoms with Crippen molar-refractivity contribution in [2.45, 2.75) is 38.1 Å². The van der Waals surface area contributed by atoms with Crippen molar-refractivity contribution in [2.24, 2.45) is 0 Å². The maximum atomic E-state index is 12.5. The fourth-order valence-corrected chi connectivity index (χ4v) is 4.36. The van der Waals surface area contributed by atoms with Crippen LogP contribution in [0.2, 0.25) is 0 Å². The molecule has 0 radical (unpaired) electrons. The first-order valence-electron chi connectivity index (χ1n) is 9.54. The van der Waals surface area contributed by atoms with E-state index in [1.807, 2.05) is 38.1 Å². The molecule has 0 unspecified atom stereocenters. The summed E-state index contributed by atoms with van der Waals surface area (Å²) in [5.41, 5.74) is 5.58. The Bertz CT molecular complexity index is 980. The van der Waals surface area contributed by atoms with Crippen LogP contribution < -0.4 is 5.32 Å². The number of hydrogen-bond acceptors (Lipinski definition) is 5. The lowest BCUT2D eigenvalue weighted by Crippen LogP contribution is -2.36. The molecule has 0 aliphatic heterocycles. The lowest BCUT2D eigenvalue weighted by molar-refractivity contribution is -0.131. The number of carbonyl (C=O) groups is 2. The minimum Gasteiger partial charge on any atom is -0.336 e. The van der Waals surface area contributed by atoms with Crippen molar-refractivity contribution in [1.82, 2.24) is 9.88 Å². The van der Waals surface area contributed by atoms with E-state index in [-0.39, 0.29) is 24.1 Å². The Hall–Kier alpha value is -2.85.